The largest absolute Gasteiger partial charge is 0.372 e. The molecular weight excluding hydrogens is 288 g/mol. The molecule has 1 aliphatic heterocycles. The fourth-order valence-corrected chi connectivity index (χ4v) is 2.69. The molecule has 5 nitrogen and oxygen atoms in total. The van der Waals surface area contributed by atoms with E-state index in [1.54, 1.807) is 24.3 Å². The number of hydrogen-bond acceptors (Lipinski definition) is 3. The molecule has 23 heavy (non-hydrogen) atoms. The Labute approximate surface area is 135 Å². The number of nitrogens with one attached hydrogen (secondary N) is 2. The van der Waals surface area contributed by atoms with Crippen LogP contribution < -0.4 is 15.5 Å². The lowest BCUT2D eigenvalue weighted by atomic mass is 10.2. The van der Waals surface area contributed by atoms with Crippen molar-refractivity contribution in [2.24, 2.45) is 0 Å². The van der Waals surface area contributed by atoms with Crippen LogP contribution in [0.15, 0.2) is 48.5 Å². The Morgan fingerprint density at radius 2 is 1.70 bits per heavy atom. The maximum atomic E-state index is 12.0. The van der Waals surface area contributed by atoms with Gasteiger partial charge in [-0.15, -0.1) is 0 Å². The lowest BCUT2D eigenvalue weighted by molar-refractivity contribution is 0.262. The van der Waals surface area contributed by atoms with Crippen LogP contribution in [0.2, 0.25) is 0 Å². The predicted molar refractivity (Wildman–Crippen MR) is 91.7 cm³/mol. The van der Waals surface area contributed by atoms with Crippen LogP contribution in [0.25, 0.3) is 0 Å². The second-order valence-corrected chi connectivity index (χ2v) is 5.51. The Hall–Kier alpha value is -3.00. The zero-order valence-electron chi connectivity index (χ0n) is 12.7. The molecule has 1 saturated heterocycles. The number of anilines is 3. The molecular formula is C18H18N4O. The van der Waals surface area contributed by atoms with E-state index in [2.05, 4.69) is 15.5 Å². The van der Waals surface area contributed by atoms with E-state index in [4.69, 9.17) is 5.26 Å². The summed E-state index contributed by atoms with van der Waals surface area (Å²) >= 11 is 0. The van der Waals surface area contributed by atoms with Gasteiger partial charge in [-0.25, -0.2) is 4.79 Å². The predicted octanol–water partition coefficient (Wildman–Crippen LogP) is 3.80. The van der Waals surface area contributed by atoms with Crippen molar-refractivity contribution >= 4 is 23.1 Å². The van der Waals surface area contributed by atoms with E-state index in [1.165, 1.54) is 18.5 Å². The Morgan fingerprint density at radius 1 is 1.00 bits per heavy atom. The number of amides is 2. The summed E-state index contributed by atoms with van der Waals surface area (Å²) < 4.78 is 0. The summed E-state index contributed by atoms with van der Waals surface area (Å²) in [6.45, 7) is 2.20. The molecule has 0 unspecified atom stereocenters. The van der Waals surface area contributed by atoms with Crippen molar-refractivity contribution in [3.63, 3.8) is 0 Å². The highest BCUT2D eigenvalue weighted by Crippen LogP contribution is 2.22. The minimum Gasteiger partial charge on any atom is -0.372 e. The van der Waals surface area contributed by atoms with Gasteiger partial charge in [0.1, 0.15) is 0 Å². The van der Waals surface area contributed by atoms with Crippen molar-refractivity contribution in [3.8, 4) is 6.07 Å². The highest BCUT2D eigenvalue weighted by atomic mass is 16.2. The minimum absolute atomic E-state index is 0.325. The van der Waals surface area contributed by atoms with Crippen LogP contribution in [0.4, 0.5) is 21.9 Å². The van der Waals surface area contributed by atoms with E-state index in [-0.39, 0.29) is 6.03 Å². The van der Waals surface area contributed by atoms with Crippen LogP contribution in [-0.2, 0) is 0 Å². The zero-order valence-corrected chi connectivity index (χ0v) is 12.7. The van der Waals surface area contributed by atoms with Gasteiger partial charge in [-0.05, 0) is 55.3 Å². The molecule has 2 aromatic carbocycles. The maximum absolute atomic E-state index is 12.0. The van der Waals surface area contributed by atoms with Gasteiger partial charge in [0.15, 0.2) is 0 Å². The van der Waals surface area contributed by atoms with E-state index in [0.29, 0.717) is 11.3 Å². The Bertz CT molecular complexity index is 727. The summed E-state index contributed by atoms with van der Waals surface area (Å²) in [5, 5.41) is 14.4. The summed E-state index contributed by atoms with van der Waals surface area (Å²) in [7, 11) is 0. The molecule has 1 fully saturated rings. The third-order valence-electron chi connectivity index (χ3n) is 3.85. The lowest BCUT2D eigenvalue weighted by Crippen LogP contribution is -2.20. The molecule has 1 heterocycles. The number of rotatable bonds is 3. The fraction of sp³-hybridized carbons (Fsp3) is 0.222. The summed E-state index contributed by atoms with van der Waals surface area (Å²) in [6.07, 6.45) is 2.48. The first-order chi connectivity index (χ1) is 11.2. The molecule has 2 amide bonds. The van der Waals surface area contributed by atoms with Crippen molar-refractivity contribution in [1.82, 2.24) is 0 Å². The molecule has 1 aliphatic rings. The van der Waals surface area contributed by atoms with Crippen LogP contribution in [0.3, 0.4) is 0 Å². The summed E-state index contributed by atoms with van der Waals surface area (Å²) in [5.74, 6) is 0. The summed E-state index contributed by atoms with van der Waals surface area (Å²) in [4.78, 5) is 14.4. The van der Waals surface area contributed by atoms with Crippen molar-refractivity contribution in [2.75, 3.05) is 28.6 Å². The lowest BCUT2D eigenvalue weighted by Gasteiger charge is -2.17. The van der Waals surface area contributed by atoms with Crippen LogP contribution in [0.5, 0.6) is 0 Å². The minimum atomic E-state index is -0.325. The molecule has 5 heteroatoms. The molecule has 0 saturated carbocycles. The highest BCUT2D eigenvalue weighted by Gasteiger charge is 2.12. The average Bonchev–Trinajstić information content (AvgIpc) is 3.10. The number of nitrogens with zero attached hydrogens (tertiary/aromatic N) is 2. The van der Waals surface area contributed by atoms with Gasteiger partial charge < -0.3 is 15.5 Å². The third kappa shape index (κ3) is 3.80. The van der Waals surface area contributed by atoms with Gasteiger partial charge in [0.2, 0.25) is 0 Å². The van der Waals surface area contributed by atoms with E-state index in [1.807, 2.05) is 30.3 Å². The van der Waals surface area contributed by atoms with Crippen LogP contribution >= 0.6 is 0 Å². The van der Waals surface area contributed by atoms with Gasteiger partial charge in [0, 0.05) is 30.2 Å². The van der Waals surface area contributed by atoms with Gasteiger partial charge in [0.05, 0.1) is 11.6 Å². The topological polar surface area (TPSA) is 68.2 Å². The van der Waals surface area contributed by atoms with Crippen molar-refractivity contribution in [1.29, 1.82) is 5.26 Å². The molecule has 2 aromatic rings. The van der Waals surface area contributed by atoms with E-state index in [9.17, 15) is 4.79 Å². The van der Waals surface area contributed by atoms with Gasteiger partial charge in [0.25, 0.3) is 0 Å². The van der Waals surface area contributed by atoms with Gasteiger partial charge in [-0.3, -0.25) is 0 Å². The summed E-state index contributed by atoms with van der Waals surface area (Å²) in [6, 6.07) is 16.4. The number of carbonyl (C=O) groups excluding carboxylic acids is 1. The monoisotopic (exact) mass is 306 g/mol. The first-order valence-electron chi connectivity index (χ1n) is 7.68. The molecule has 0 aromatic heterocycles. The first-order valence-corrected chi connectivity index (χ1v) is 7.68. The second kappa shape index (κ2) is 6.84. The third-order valence-corrected chi connectivity index (χ3v) is 3.85. The number of benzene rings is 2. The van der Waals surface area contributed by atoms with Crippen LogP contribution in [-0.4, -0.2) is 19.1 Å². The molecule has 2 N–H and O–H groups in total. The normalized spacial score (nSPS) is 13.4. The standard InChI is InChI=1S/C18H18N4O/c19-13-14-4-3-5-16(12-14)21-18(23)20-15-6-8-17(9-7-15)22-10-1-2-11-22/h3-9,12H,1-2,10-11H2,(H2,20,21,23). The Kier molecular flexibility index (Phi) is 4.44. The fourth-order valence-electron chi connectivity index (χ4n) is 2.69. The van der Waals surface area contributed by atoms with Crippen molar-refractivity contribution in [3.05, 3.63) is 54.1 Å². The smallest absolute Gasteiger partial charge is 0.323 e. The van der Waals surface area contributed by atoms with E-state index in [0.717, 1.165) is 18.8 Å². The quantitative estimate of drug-likeness (QED) is 0.906. The second-order valence-electron chi connectivity index (χ2n) is 5.51. The Morgan fingerprint density at radius 3 is 2.39 bits per heavy atom. The van der Waals surface area contributed by atoms with Crippen molar-refractivity contribution < 1.29 is 4.79 Å². The number of hydrogen-bond donors (Lipinski definition) is 2. The molecule has 0 aliphatic carbocycles. The average molecular weight is 306 g/mol. The number of nitriles is 1. The zero-order chi connectivity index (χ0) is 16.1. The molecule has 0 radical (unpaired) electrons. The highest BCUT2D eigenvalue weighted by molar-refractivity contribution is 5.99. The van der Waals surface area contributed by atoms with Crippen molar-refractivity contribution in [2.45, 2.75) is 12.8 Å². The first kappa shape index (κ1) is 14.9. The number of carbonyl (C=O) groups is 1. The summed E-state index contributed by atoms with van der Waals surface area (Å²) in [5.41, 5.74) is 3.03. The van der Waals surface area contributed by atoms with Gasteiger partial charge in [-0.2, -0.15) is 5.26 Å². The number of urea groups is 1. The van der Waals surface area contributed by atoms with Crippen LogP contribution in [0.1, 0.15) is 18.4 Å². The van der Waals surface area contributed by atoms with E-state index < -0.39 is 0 Å². The maximum Gasteiger partial charge on any atom is 0.323 e. The van der Waals surface area contributed by atoms with Gasteiger partial charge in [-0.1, -0.05) is 6.07 Å². The molecule has 0 spiro atoms. The molecule has 116 valence electrons. The molecule has 0 bridgehead atoms. The van der Waals surface area contributed by atoms with Crippen LogP contribution in [0, 0.1) is 11.3 Å². The van der Waals surface area contributed by atoms with Gasteiger partial charge >= 0.3 is 6.03 Å². The molecule has 0 atom stereocenters. The molecule has 3 rings (SSSR count). The van der Waals surface area contributed by atoms with E-state index >= 15 is 0 Å². The Balaban J connectivity index is 1.60. The SMILES string of the molecule is N#Cc1cccc(NC(=O)Nc2ccc(N3CCCC3)cc2)c1.